The van der Waals surface area contributed by atoms with Crippen molar-refractivity contribution >= 4 is 17.7 Å². The molecule has 2 aromatic rings. The van der Waals surface area contributed by atoms with Crippen LogP contribution in [0.4, 0.5) is 0 Å². The van der Waals surface area contributed by atoms with Crippen molar-refractivity contribution in [1.29, 1.82) is 0 Å². The SMILES string of the molecule is CCN1C(=O)C[C@@](CC(=O)N(C)Cc2ccco2)(c2ccccc2C)C1=O. The standard InChI is InChI=1S/C21H24N2O4/c1-4-23-19(25)13-21(20(23)26,17-10-6-5-8-15(17)2)12-18(24)22(3)14-16-9-7-11-27-16/h5-11H,4,12-14H2,1-3H3/t21-/m0/s1. The van der Waals surface area contributed by atoms with E-state index in [0.717, 1.165) is 11.1 Å². The maximum Gasteiger partial charge on any atom is 0.240 e. The van der Waals surface area contributed by atoms with Crippen molar-refractivity contribution in [3.8, 4) is 0 Å². The molecule has 3 amide bonds. The van der Waals surface area contributed by atoms with Crippen LogP contribution < -0.4 is 0 Å². The predicted octanol–water partition coefficient (Wildman–Crippen LogP) is 2.65. The Morgan fingerprint density at radius 1 is 1.22 bits per heavy atom. The molecule has 1 atom stereocenters. The number of likely N-dealkylation sites (N-methyl/N-ethyl adjacent to an activating group) is 1. The topological polar surface area (TPSA) is 70.8 Å². The number of carbonyl (C=O) groups is 3. The van der Waals surface area contributed by atoms with Gasteiger partial charge in [0.25, 0.3) is 0 Å². The molecule has 0 bridgehead atoms. The summed E-state index contributed by atoms with van der Waals surface area (Å²) >= 11 is 0. The van der Waals surface area contributed by atoms with Crippen molar-refractivity contribution in [2.75, 3.05) is 13.6 Å². The maximum atomic E-state index is 13.2. The van der Waals surface area contributed by atoms with E-state index in [2.05, 4.69) is 0 Å². The van der Waals surface area contributed by atoms with E-state index >= 15 is 0 Å². The van der Waals surface area contributed by atoms with Crippen molar-refractivity contribution in [3.05, 3.63) is 59.5 Å². The largest absolute Gasteiger partial charge is 0.467 e. The number of likely N-dealkylation sites (tertiary alicyclic amines) is 1. The lowest BCUT2D eigenvalue weighted by Gasteiger charge is -2.30. The van der Waals surface area contributed by atoms with Gasteiger partial charge in [-0.15, -0.1) is 0 Å². The minimum Gasteiger partial charge on any atom is -0.467 e. The predicted molar refractivity (Wildman–Crippen MR) is 99.7 cm³/mol. The van der Waals surface area contributed by atoms with E-state index in [4.69, 9.17) is 4.42 Å². The molecule has 0 radical (unpaired) electrons. The van der Waals surface area contributed by atoms with Gasteiger partial charge in [-0.2, -0.15) is 0 Å². The first-order chi connectivity index (χ1) is 12.9. The summed E-state index contributed by atoms with van der Waals surface area (Å²) in [6.45, 7) is 4.30. The highest BCUT2D eigenvalue weighted by molar-refractivity contribution is 6.10. The summed E-state index contributed by atoms with van der Waals surface area (Å²) in [5.74, 6) is -0.0511. The number of aryl methyl sites for hydroxylation is 1. The zero-order valence-corrected chi connectivity index (χ0v) is 15.9. The van der Waals surface area contributed by atoms with E-state index < -0.39 is 5.41 Å². The summed E-state index contributed by atoms with van der Waals surface area (Å²) in [4.78, 5) is 41.5. The van der Waals surface area contributed by atoms with Gasteiger partial charge in [0, 0.05) is 26.4 Å². The highest BCUT2D eigenvalue weighted by Crippen LogP contribution is 2.41. The van der Waals surface area contributed by atoms with Crippen molar-refractivity contribution in [1.82, 2.24) is 9.80 Å². The van der Waals surface area contributed by atoms with Crippen LogP contribution in [0.2, 0.25) is 0 Å². The average molecular weight is 368 g/mol. The molecule has 1 fully saturated rings. The summed E-state index contributed by atoms with van der Waals surface area (Å²) in [5.41, 5.74) is 0.504. The molecule has 6 nitrogen and oxygen atoms in total. The van der Waals surface area contributed by atoms with Crippen LogP contribution in [0.15, 0.2) is 47.1 Å². The van der Waals surface area contributed by atoms with Crippen LogP contribution in [-0.2, 0) is 26.3 Å². The maximum absolute atomic E-state index is 13.2. The lowest BCUT2D eigenvalue weighted by atomic mass is 9.74. The molecule has 1 saturated heterocycles. The Bertz CT molecular complexity index is 859. The molecule has 1 aliphatic rings. The van der Waals surface area contributed by atoms with Gasteiger partial charge in [0.05, 0.1) is 18.2 Å². The molecule has 0 spiro atoms. The minimum absolute atomic E-state index is 0.0187. The Hall–Kier alpha value is -2.89. The quantitative estimate of drug-likeness (QED) is 0.735. The monoisotopic (exact) mass is 368 g/mol. The Labute approximate surface area is 158 Å². The third kappa shape index (κ3) is 3.39. The van der Waals surface area contributed by atoms with Gasteiger partial charge >= 0.3 is 0 Å². The summed E-state index contributed by atoms with van der Waals surface area (Å²) in [7, 11) is 1.68. The molecular formula is C21H24N2O4. The number of nitrogens with zero attached hydrogens (tertiary/aromatic N) is 2. The molecule has 0 N–H and O–H groups in total. The van der Waals surface area contributed by atoms with E-state index in [1.165, 1.54) is 9.80 Å². The summed E-state index contributed by atoms with van der Waals surface area (Å²) in [6, 6.07) is 11.0. The second-order valence-electron chi connectivity index (χ2n) is 7.02. The van der Waals surface area contributed by atoms with Gasteiger partial charge < -0.3 is 9.32 Å². The normalized spacial score (nSPS) is 19.6. The van der Waals surface area contributed by atoms with Gasteiger partial charge in [0.15, 0.2) is 0 Å². The minimum atomic E-state index is -1.15. The van der Waals surface area contributed by atoms with Crippen LogP contribution in [0.3, 0.4) is 0 Å². The number of hydrogen-bond donors (Lipinski definition) is 0. The number of benzene rings is 1. The number of imide groups is 1. The highest BCUT2D eigenvalue weighted by atomic mass is 16.3. The van der Waals surface area contributed by atoms with Crippen LogP contribution in [0, 0.1) is 6.92 Å². The molecule has 6 heteroatoms. The summed E-state index contributed by atoms with van der Waals surface area (Å²) < 4.78 is 5.30. The average Bonchev–Trinajstić information content (AvgIpc) is 3.22. The Kier molecular flexibility index (Phi) is 5.17. The molecule has 1 aromatic heterocycles. The van der Waals surface area contributed by atoms with Gasteiger partial charge in [0.2, 0.25) is 17.7 Å². The van der Waals surface area contributed by atoms with Gasteiger partial charge in [0.1, 0.15) is 5.76 Å². The highest BCUT2D eigenvalue weighted by Gasteiger charge is 2.54. The van der Waals surface area contributed by atoms with Crippen LogP contribution >= 0.6 is 0 Å². The second-order valence-corrected chi connectivity index (χ2v) is 7.02. The molecule has 2 heterocycles. The van der Waals surface area contributed by atoms with Gasteiger partial charge in [-0.05, 0) is 37.1 Å². The lowest BCUT2D eigenvalue weighted by Crippen LogP contribution is -2.43. The number of amides is 3. The molecule has 0 saturated carbocycles. The molecule has 27 heavy (non-hydrogen) atoms. The Morgan fingerprint density at radius 2 is 1.96 bits per heavy atom. The van der Waals surface area contributed by atoms with E-state index in [0.29, 0.717) is 18.8 Å². The first kappa shape index (κ1) is 18.9. The first-order valence-electron chi connectivity index (χ1n) is 9.06. The van der Waals surface area contributed by atoms with Crippen LogP contribution in [0.25, 0.3) is 0 Å². The number of furan rings is 1. The van der Waals surface area contributed by atoms with E-state index in [9.17, 15) is 14.4 Å². The lowest BCUT2D eigenvalue weighted by molar-refractivity contribution is -0.142. The zero-order valence-electron chi connectivity index (χ0n) is 15.9. The van der Waals surface area contributed by atoms with E-state index in [1.807, 2.05) is 31.2 Å². The number of rotatable bonds is 6. The fraction of sp³-hybridized carbons (Fsp3) is 0.381. The smallest absolute Gasteiger partial charge is 0.240 e. The van der Waals surface area contributed by atoms with Crippen molar-refractivity contribution in [2.24, 2.45) is 0 Å². The van der Waals surface area contributed by atoms with Crippen LogP contribution in [-0.4, -0.2) is 41.1 Å². The fourth-order valence-corrected chi connectivity index (χ4v) is 3.79. The van der Waals surface area contributed by atoms with Crippen molar-refractivity contribution < 1.29 is 18.8 Å². The van der Waals surface area contributed by atoms with Crippen molar-refractivity contribution in [2.45, 2.75) is 38.6 Å². The van der Waals surface area contributed by atoms with E-state index in [-0.39, 0.29) is 30.6 Å². The first-order valence-corrected chi connectivity index (χ1v) is 9.06. The third-order valence-electron chi connectivity index (χ3n) is 5.24. The van der Waals surface area contributed by atoms with Crippen LogP contribution in [0.5, 0.6) is 0 Å². The summed E-state index contributed by atoms with van der Waals surface area (Å²) in [6.07, 6.45) is 1.53. The molecule has 0 aliphatic carbocycles. The zero-order chi connectivity index (χ0) is 19.6. The molecule has 0 unspecified atom stereocenters. The number of carbonyl (C=O) groups excluding carboxylic acids is 3. The van der Waals surface area contributed by atoms with E-state index in [1.54, 1.807) is 32.4 Å². The van der Waals surface area contributed by atoms with Gasteiger partial charge in [-0.3, -0.25) is 19.3 Å². The third-order valence-corrected chi connectivity index (χ3v) is 5.24. The van der Waals surface area contributed by atoms with Crippen LogP contribution in [0.1, 0.15) is 36.7 Å². The Morgan fingerprint density at radius 3 is 2.56 bits per heavy atom. The molecule has 1 aromatic carbocycles. The molecule has 142 valence electrons. The van der Waals surface area contributed by atoms with Crippen molar-refractivity contribution in [3.63, 3.8) is 0 Å². The summed E-state index contributed by atoms with van der Waals surface area (Å²) in [5, 5.41) is 0. The Balaban J connectivity index is 1.94. The molecule has 3 rings (SSSR count). The fourth-order valence-electron chi connectivity index (χ4n) is 3.79. The number of hydrogen-bond acceptors (Lipinski definition) is 4. The second kappa shape index (κ2) is 7.39. The van der Waals surface area contributed by atoms with Gasteiger partial charge in [-0.25, -0.2) is 0 Å². The molecular weight excluding hydrogens is 344 g/mol. The van der Waals surface area contributed by atoms with Gasteiger partial charge in [-0.1, -0.05) is 24.3 Å². The molecule has 1 aliphatic heterocycles.